The zero-order valence-electron chi connectivity index (χ0n) is 13.4. The van der Waals surface area contributed by atoms with Gasteiger partial charge in [0.2, 0.25) is 0 Å². The van der Waals surface area contributed by atoms with E-state index in [0.717, 1.165) is 10.9 Å². The van der Waals surface area contributed by atoms with Crippen molar-refractivity contribution in [1.82, 2.24) is 15.0 Å². The Bertz CT molecular complexity index is 1070. The highest BCUT2D eigenvalue weighted by atomic mass is 19.1. The van der Waals surface area contributed by atoms with Crippen LogP contribution in [0.4, 0.5) is 8.78 Å². The largest absolute Gasteiger partial charge is 0.244 e. The molecule has 0 fully saturated rings. The molecule has 0 amide bonds. The first kappa shape index (κ1) is 15.3. The van der Waals surface area contributed by atoms with Crippen LogP contribution in [0.2, 0.25) is 0 Å². The summed E-state index contributed by atoms with van der Waals surface area (Å²) in [4.78, 5) is 13.3. The summed E-state index contributed by atoms with van der Waals surface area (Å²) in [5.74, 6) is -0.879. The summed E-state index contributed by atoms with van der Waals surface area (Å²) in [6.07, 6.45) is 1.71. The Labute approximate surface area is 143 Å². The van der Waals surface area contributed by atoms with Crippen LogP contribution in [0, 0.1) is 18.6 Å². The van der Waals surface area contributed by atoms with Gasteiger partial charge in [-0.25, -0.2) is 23.7 Å². The molecule has 4 aromatic rings. The van der Waals surface area contributed by atoms with Gasteiger partial charge in [-0.1, -0.05) is 30.3 Å². The molecule has 2 aromatic heterocycles. The molecule has 5 heteroatoms. The molecule has 0 aliphatic rings. The molecule has 0 unspecified atom stereocenters. The molecule has 2 aromatic carbocycles. The third-order valence-electron chi connectivity index (χ3n) is 4.01. The molecular weight excluding hydrogens is 320 g/mol. The zero-order valence-corrected chi connectivity index (χ0v) is 13.4. The molecule has 3 nitrogen and oxygen atoms in total. The van der Waals surface area contributed by atoms with E-state index >= 15 is 0 Å². The van der Waals surface area contributed by atoms with Crippen molar-refractivity contribution in [3.05, 3.63) is 78.0 Å². The molecule has 0 bridgehead atoms. The molecule has 0 saturated carbocycles. The van der Waals surface area contributed by atoms with E-state index in [9.17, 15) is 8.78 Å². The molecular formula is C20H13F2N3. The van der Waals surface area contributed by atoms with E-state index in [1.807, 2.05) is 24.3 Å². The molecule has 0 aliphatic carbocycles. The highest BCUT2D eigenvalue weighted by Crippen LogP contribution is 2.29. The van der Waals surface area contributed by atoms with Crippen LogP contribution in [0.1, 0.15) is 5.56 Å². The van der Waals surface area contributed by atoms with E-state index < -0.39 is 11.6 Å². The summed E-state index contributed by atoms with van der Waals surface area (Å²) < 4.78 is 28.3. The molecule has 0 atom stereocenters. The van der Waals surface area contributed by atoms with E-state index in [0.29, 0.717) is 17.1 Å². The predicted molar refractivity (Wildman–Crippen MR) is 92.9 cm³/mol. The van der Waals surface area contributed by atoms with Crippen molar-refractivity contribution < 1.29 is 8.78 Å². The molecule has 25 heavy (non-hydrogen) atoms. The van der Waals surface area contributed by atoms with Gasteiger partial charge >= 0.3 is 0 Å². The van der Waals surface area contributed by atoms with Crippen molar-refractivity contribution in [2.24, 2.45) is 0 Å². The average molecular weight is 333 g/mol. The molecule has 4 rings (SSSR count). The Morgan fingerprint density at radius 3 is 2.36 bits per heavy atom. The molecule has 0 saturated heterocycles. The minimum Gasteiger partial charge on any atom is -0.244 e. The van der Waals surface area contributed by atoms with Crippen LogP contribution < -0.4 is 0 Å². The third-order valence-corrected chi connectivity index (χ3v) is 4.01. The highest BCUT2D eigenvalue weighted by Gasteiger charge is 2.16. The fraction of sp³-hybridized carbons (Fsp3) is 0.0500. The van der Waals surface area contributed by atoms with E-state index in [2.05, 4.69) is 15.0 Å². The van der Waals surface area contributed by atoms with Gasteiger partial charge in [0, 0.05) is 11.6 Å². The number of hydrogen-bond acceptors (Lipinski definition) is 3. The summed E-state index contributed by atoms with van der Waals surface area (Å²) in [5, 5.41) is 0.915. The third kappa shape index (κ3) is 2.74. The SMILES string of the molecule is Cc1ccc(-c2ncc3ccccc3n2)nc1-c1c(F)cccc1F. The monoisotopic (exact) mass is 333 g/mol. The number of aryl methyl sites for hydroxylation is 1. The number of nitrogens with zero attached hydrogens (tertiary/aromatic N) is 3. The Morgan fingerprint density at radius 2 is 1.56 bits per heavy atom. The van der Waals surface area contributed by atoms with E-state index in [-0.39, 0.29) is 11.3 Å². The van der Waals surface area contributed by atoms with Crippen molar-refractivity contribution in [3.8, 4) is 22.8 Å². The predicted octanol–water partition coefficient (Wildman–Crippen LogP) is 4.95. The number of para-hydroxylation sites is 1. The second-order valence-corrected chi connectivity index (χ2v) is 5.71. The van der Waals surface area contributed by atoms with Crippen LogP contribution in [-0.2, 0) is 0 Å². The van der Waals surface area contributed by atoms with Gasteiger partial charge in [-0.3, -0.25) is 0 Å². The van der Waals surface area contributed by atoms with Crippen molar-refractivity contribution in [2.45, 2.75) is 6.92 Å². The van der Waals surface area contributed by atoms with Crippen LogP contribution in [0.3, 0.4) is 0 Å². The maximum atomic E-state index is 14.1. The molecule has 0 radical (unpaired) electrons. The number of aromatic nitrogens is 3. The molecule has 0 spiro atoms. The number of halogens is 2. The van der Waals surface area contributed by atoms with E-state index in [1.165, 1.54) is 18.2 Å². The summed E-state index contributed by atoms with van der Waals surface area (Å²) in [5.41, 5.74) is 2.04. The maximum absolute atomic E-state index is 14.1. The number of fused-ring (bicyclic) bond motifs is 1. The van der Waals surface area contributed by atoms with Crippen molar-refractivity contribution in [2.75, 3.05) is 0 Å². The standard InChI is InChI=1S/C20H13F2N3/c1-12-9-10-17(20-23-11-13-5-2-3-8-16(13)25-20)24-19(12)18-14(21)6-4-7-15(18)22/h2-11H,1H3. The van der Waals surface area contributed by atoms with Crippen LogP contribution in [0.25, 0.3) is 33.7 Å². The van der Waals surface area contributed by atoms with Crippen LogP contribution in [0.5, 0.6) is 0 Å². The van der Waals surface area contributed by atoms with Gasteiger partial charge < -0.3 is 0 Å². The van der Waals surface area contributed by atoms with Gasteiger partial charge in [0.1, 0.15) is 17.3 Å². The number of hydrogen-bond donors (Lipinski definition) is 0. The lowest BCUT2D eigenvalue weighted by molar-refractivity contribution is 0.588. The summed E-state index contributed by atoms with van der Waals surface area (Å²) in [6.45, 7) is 1.76. The fourth-order valence-electron chi connectivity index (χ4n) is 2.73. The Hall–Kier alpha value is -3.21. The lowest BCUT2D eigenvalue weighted by Crippen LogP contribution is -1.99. The van der Waals surface area contributed by atoms with Crippen molar-refractivity contribution >= 4 is 10.9 Å². The summed E-state index contributed by atoms with van der Waals surface area (Å²) in [7, 11) is 0. The lowest BCUT2D eigenvalue weighted by Gasteiger charge is -2.10. The fourth-order valence-corrected chi connectivity index (χ4v) is 2.73. The van der Waals surface area contributed by atoms with Crippen LogP contribution >= 0.6 is 0 Å². The molecule has 0 N–H and O–H groups in total. The van der Waals surface area contributed by atoms with Gasteiger partial charge in [0.05, 0.1) is 16.8 Å². The Morgan fingerprint density at radius 1 is 0.800 bits per heavy atom. The van der Waals surface area contributed by atoms with Gasteiger partial charge in [-0.2, -0.15) is 0 Å². The second kappa shape index (κ2) is 6.02. The first-order chi connectivity index (χ1) is 12.1. The Kier molecular flexibility index (Phi) is 3.69. The number of rotatable bonds is 2. The molecule has 2 heterocycles. The molecule has 122 valence electrons. The van der Waals surface area contributed by atoms with Gasteiger partial charge in [0.15, 0.2) is 5.82 Å². The summed E-state index contributed by atoms with van der Waals surface area (Å²) in [6, 6.07) is 14.9. The van der Waals surface area contributed by atoms with E-state index in [1.54, 1.807) is 25.3 Å². The van der Waals surface area contributed by atoms with Gasteiger partial charge in [-0.05, 0) is 36.8 Å². The van der Waals surface area contributed by atoms with Crippen LogP contribution in [-0.4, -0.2) is 15.0 Å². The number of pyridine rings is 1. The average Bonchev–Trinajstić information content (AvgIpc) is 2.62. The second-order valence-electron chi connectivity index (χ2n) is 5.71. The van der Waals surface area contributed by atoms with Crippen molar-refractivity contribution in [3.63, 3.8) is 0 Å². The lowest BCUT2D eigenvalue weighted by atomic mass is 10.0. The van der Waals surface area contributed by atoms with E-state index in [4.69, 9.17) is 0 Å². The highest BCUT2D eigenvalue weighted by molar-refractivity contribution is 5.79. The topological polar surface area (TPSA) is 38.7 Å². The minimum atomic E-state index is -0.646. The first-order valence-corrected chi connectivity index (χ1v) is 7.77. The summed E-state index contributed by atoms with van der Waals surface area (Å²) >= 11 is 0. The Balaban J connectivity index is 1.89. The first-order valence-electron chi connectivity index (χ1n) is 7.77. The van der Waals surface area contributed by atoms with Gasteiger partial charge in [-0.15, -0.1) is 0 Å². The smallest absolute Gasteiger partial charge is 0.178 e. The minimum absolute atomic E-state index is 0.136. The van der Waals surface area contributed by atoms with Crippen LogP contribution in [0.15, 0.2) is 60.8 Å². The number of benzene rings is 2. The maximum Gasteiger partial charge on any atom is 0.178 e. The zero-order chi connectivity index (χ0) is 17.4. The van der Waals surface area contributed by atoms with Gasteiger partial charge in [0.25, 0.3) is 0 Å². The molecule has 0 aliphatic heterocycles. The van der Waals surface area contributed by atoms with Crippen molar-refractivity contribution in [1.29, 1.82) is 0 Å². The normalized spacial score (nSPS) is 11.0. The quantitative estimate of drug-likeness (QED) is 0.521.